The SMILES string of the molecule is Cc1c(C(=O)CC#N)c2ccc(Br)cc2n1C. The van der Waals surface area contributed by atoms with Crippen LogP contribution in [-0.4, -0.2) is 10.4 Å². The zero-order valence-corrected chi connectivity index (χ0v) is 11.2. The van der Waals surface area contributed by atoms with Crippen molar-refractivity contribution in [2.24, 2.45) is 7.05 Å². The molecule has 0 aliphatic rings. The highest BCUT2D eigenvalue weighted by molar-refractivity contribution is 9.10. The molecule has 0 N–H and O–H groups in total. The summed E-state index contributed by atoms with van der Waals surface area (Å²) in [6.07, 6.45) is -0.0734. The molecular weight excluding hydrogens is 280 g/mol. The van der Waals surface area contributed by atoms with Crippen LogP contribution < -0.4 is 0 Å². The Morgan fingerprint density at radius 3 is 2.88 bits per heavy atom. The predicted molar refractivity (Wildman–Crippen MR) is 69.9 cm³/mol. The fourth-order valence-electron chi connectivity index (χ4n) is 2.05. The van der Waals surface area contributed by atoms with Crippen LogP contribution in [0.2, 0.25) is 0 Å². The van der Waals surface area contributed by atoms with Crippen molar-refractivity contribution < 1.29 is 4.79 Å². The predicted octanol–water partition coefficient (Wildman–Crippen LogP) is 3.35. The molecule has 4 heteroatoms. The van der Waals surface area contributed by atoms with Crippen molar-refractivity contribution >= 4 is 32.6 Å². The van der Waals surface area contributed by atoms with E-state index in [2.05, 4.69) is 15.9 Å². The second-order valence-corrected chi connectivity index (χ2v) is 4.85. The van der Waals surface area contributed by atoms with Crippen LogP contribution in [-0.2, 0) is 7.05 Å². The quantitative estimate of drug-likeness (QED) is 0.796. The third-order valence-corrected chi connectivity index (χ3v) is 3.47. The zero-order chi connectivity index (χ0) is 12.6. The standard InChI is InChI=1S/C13H11BrN2O/c1-8-13(12(17)5-6-15)10-4-3-9(14)7-11(10)16(8)2/h3-4,7H,5H2,1-2H3. The second kappa shape index (κ2) is 4.34. The summed E-state index contributed by atoms with van der Waals surface area (Å²) in [6, 6.07) is 7.71. The number of carbonyl (C=O) groups is 1. The van der Waals surface area contributed by atoms with E-state index in [1.807, 2.05) is 42.8 Å². The summed E-state index contributed by atoms with van der Waals surface area (Å²) in [5.74, 6) is -0.113. The highest BCUT2D eigenvalue weighted by Gasteiger charge is 2.17. The van der Waals surface area contributed by atoms with Gasteiger partial charge in [-0.15, -0.1) is 0 Å². The first-order valence-electron chi connectivity index (χ1n) is 5.21. The molecule has 0 atom stereocenters. The fourth-order valence-corrected chi connectivity index (χ4v) is 2.40. The molecule has 0 radical (unpaired) electrons. The molecule has 3 nitrogen and oxygen atoms in total. The van der Waals surface area contributed by atoms with Crippen LogP contribution in [0.25, 0.3) is 10.9 Å². The maximum atomic E-state index is 11.9. The van der Waals surface area contributed by atoms with Gasteiger partial charge in [0.15, 0.2) is 5.78 Å². The van der Waals surface area contributed by atoms with E-state index >= 15 is 0 Å². The highest BCUT2D eigenvalue weighted by Crippen LogP contribution is 2.28. The number of aryl methyl sites for hydroxylation is 1. The molecule has 0 aliphatic heterocycles. The summed E-state index contributed by atoms with van der Waals surface area (Å²) in [7, 11) is 1.92. The molecule has 0 unspecified atom stereocenters. The van der Waals surface area contributed by atoms with Gasteiger partial charge in [-0.2, -0.15) is 5.26 Å². The molecular formula is C13H11BrN2O. The minimum Gasteiger partial charge on any atom is -0.347 e. The number of hydrogen-bond donors (Lipinski definition) is 0. The van der Waals surface area contributed by atoms with Crippen molar-refractivity contribution in [3.8, 4) is 6.07 Å². The van der Waals surface area contributed by atoms with Gasteiger partial charge < -0.3 is 4.57 Å². The van der Waals surface area contributed by atoms with E-state index in [1.165, 1.54) is 0 Å². The largest absolute Gasteiger partial charge is 0.347 e. The number of carbonyl (C=O) groups excluding carboxylic acids is 1. The monoisotopic (exact) mass is 290 g/mol. The van der Waals surface area contributed by atoms with Crippen LogP contribution in [0, 0.1) is 18.3 Å². The molecule has 0 aliphatic carbocycles. The maximum absolute atomic E-state index is 11.9. The van der Waals surface area contributed by atoms with E-state index in [0.717, 1.165) is 21.1 Å². The molecule has 0 bridgehead atoms. The van der Waals surface area contributed by atoms with Gasteiger partial charge in [-0.05, 0) is 19.1 Å². The first-order valence-corrected chi connectivity index (χ1v) is 6.00. The van der Waals surface area contributed by atoms with Crippen LogP contribution in [0.3, 0.4) is 0 Å². The summed E-state index contributed by atoms with van der Waals surface area (Å²) in [5, 5.41) is 9.54. The van der Waals surface area contributed by atoms with Crippen LogP contribution in [0.5, 0.6) is 0 Å². The number of rotatable bonds is 2. The van der Waals surface area contributed by atoms with Crippen LogP contribution >= 0.6 is 15.9 Å². The number of halogens is 1. The Morgan fingerprint density at radius 2 is 2.24 bits per heavy atom. The average molecular weight is 291 g/mol. The first-order chi connectivity index (χ1) is 8.06. The minimum atomic E-state index is -0.113. The van der Waals surface area contributed by atoms with Crippen molar-refractivity contribution in [3.63, 3.8) is 0 Å². The van der Waals surface area contributed by atoms with E-state index in [1.54, 1.807) is 0 Å². The van der Waals surface area contributed by atoms with Gasteiger partial charge in [-0.3, -0.25) is 4.79 Å². The average Bonchev–Trinajstić information content (AvgIpc) is 2.53. The number of benzene rings is 1. The van der Waals surface area contributed by atoms with Crippen molar-refractivity contribution in [2.45, 2.75) is 13.3 Å². The molecule has 0 saturated carbocycles. The lowest BCUT2D eigenvalue weighted by atomic mass is 10.1. The molecule has 1 aromatic heterocycles. The Morgan fingerprint density at radius 1 is 1.53 bits per heavy atom. The van der Waals surface area contributed by atoms with Gasteiger partial charge in [0.25, 0.3) is 0 Å². The fraction of sp³-hybridized carbons (Fsp3) is 0.231. The van der Waals surface area contributed by atoms with E-state index in [9.17, 15) is 4.79 Å². The number of fused-ring (bicyclic) bond motifs is 1. The molecule has 1 heterocycles. The Kier molecular flexibility index (Phi) is 3.03. The Hall–Kier alpha value is -1.60. The molecule has 1 aromatic carbocycles. The van der Waals surface area contributed by atoms with Gasteiger partial charge in [0.05, 0.1) is 12.5 Å². The van der Waals surface area contributed by atoms with Crippen molar-refractivity contribution in [2.75, 3.05) is 0 Å². The topological polar surface area (TPSA) is 45.8 Å². The van der Waals surface area contributed by atoms with E-state index < -0.39 is 0 Å². The Bertz CT molecular complexity index is 649. The summed E-state index contributed by atoms with van der Waals surface area (Å²) < 4.78 is 2.95. The van der Waals surface area contributed by atoms with Gasteiger partial charge in [0.2, 0.25) is 0 Å². The summed E-state index contributed by atoms with van der Waals surface area (Å²) >= 11 is 3.42. The first kappa shape index (κ1) is 11.9. The van der Waals surface area contributed by atoms with Gasteiger partial charge in [0.1, 0.15) is 0 Å². The van der Waals surface area contributed by atoms with Gasteiger partial charge in [-0.1, -0.05) is 22.0 Å². The number of nitrogens with zero attached hydrogens (tertiary/aromatic N) is 2. The normalized spacial score (nSPS) is 10.5. The minimum absolute atomic E-state index is 0.0734. The van der Waals surface area contributed by atoms with Crippen LogP contribution in [0.15, 0.2) is 22.7 Å². The molecule has 0 spiro atoms. The number of aromatic nitrogens is 1. The second-order valence-electron chi connectivity index (χ2n) is 3.94. The molecule has 0 amide bonds. The third kappa shape index (κ3) is 1.87. The molecule has 0 fully saturated rings. The molecule has 2 aromatic rings. The smallest absolute Gasteiger partial charge is 0.179 e. The number of Topliss-reactive ketones (excluding diaryl/α,β-unsaturated/α-hetero) is 1. The van der Waals surface area contributed by atoms with Gasteiger partial charge in [-0.25, -0.2) is 0 Å². The molecule has 17 heavy (non-hydrogen) atoms. The van der Waals surface area contributed by atoms with Crippen molar-refractivity contribution in [1.29, 1.82) is 5.26 Å². The van der Waals surface area contributed by atoms with E-state index in [-0.39, 0.29) is 12.2 Å². The van der Waals surface area contributed by atoms with Gasteiger partial charge >= 0.3 is 0 Å². The lowest BCUT2D eigenvalue weighted by Crippen LogP contribution is -2.00. The van der Waals surface area contributed by atoms with Crippen LogP contribution in [0.1, 0.15) is 22.5 Å². The summed E-state index contributed by atoms with van der Waals surface area (Å²) in [4.78, 5) is 11.9. The lowest BCUT2D eigenvalue weighted by Gasteiger charge is -1.98. The third-order valence-electron chi connectivity index (χ3n) is 2.97. The number of nitriles is 1. The molecule has 86 valence electrons. The lowest BCUT2D eigenvalue weighted by molar-refractivity contribution is 0.0998. The van der Waals surface area contributed by atoms with Crippen LogP contribution in [0.4, 0.5) is 0 Å². The van der Waals surface area contributed by atoms with Crippen molar-refractivity contribution in [3.05, 3.63) is 33.9 Å². The highest BCUT2D eigenvalue weighted by atomic mass is 79.9. The summed E-state index contributed by atoms with van der Waals surface area (Å²) in [6.45, 7) is 1.90. The van der Waals surface area contributed by atoms with E-state index in [4.69, 9.17) is 5.26 Å². The van der Waals surface area contributed by atoms with Crippen molar-refractivity contribution in [1.82, 2.24) is 4.57 Å². The number of ketones is 1. The summed E-state index contributed by atoms with van der Waals surface area (Å²) in [5.41, 5.74) is 2.56. The molecule has 0 saturated heterocycles. The maximum Gasteiger partial charge on any atom is 0.179 e. The molecule has 2 rings (SSSR count). The Balaban J connectivity index is 2.76. The van der Waals surface area contributed by atoms with E-state index in [0.29, 0.717) is 5.56 Å². The van der Waals surface area contributed by atoms with Gasteiger partial charge in [0, 0.05) is 33.7 Å². The zero-order valence-electron chi connectivity index (χ0n) is 9.62. The Labute approximate surface area is 108 Å². The number of hydrogen-bond acceptors (Lipinski definition) is 2.